The van der Waals surface area contributed by atoms with E-state index < -0.39 is 15.1 Å². The van der Waals surface area contributed by atoms with Gasteiger partial charge in [0.25, 0.3) is 0 Å². The summed E-state index contributed by atoms with van der Waals surface area (Å²) in [4.78, 5) is 17.9. The second-order valence-electron chi connectivity index (χ2n) is 10.5. The third kappa shape index (κ3) is 6.10. The van der Waals surface area contributed by atoms with Crippen molar-refractivity contribution < 1.29 is 13.2 Å². The first kappa shape index (κ1) is 26.2. The fourth-order valence-electron chi connectivity index (χ4n) is 5.58. The molecule has 1 saturated heterocycles. The highest BCUT2D eigenvalue weighted by Gasteiger charge is 2.35. The molecule has 1 amide bonds. The molecular weight excluding hydrogens is 480 g/mol. The largest absolute Gasteiger partial charge is 0.315 e. The van der Waals surface area contributed by atoms with E-state index >= 15 is 0 Å². The van der Waals surface area contributed by atoms with E-state index in [1.165, 1.54) is 24.0 Å². The first-order valence-electron chi connectivity index (χ1n) is 12.7. The number of carbonyl (C=O) groups is 1. The summed E-state index contributed by atoms with van der Waals surface area (Å²) in [7, 11) is -1.58. The highest BCUT2D eigenvalue weighted by atomic mass is 35.5. The fourth-order valence-corrected chi connectivity index (χ4v) is 7.49. The SMILES string of the molecule is Cc1cc(N(C)C(=O)C2CCC(S(=O)(=O)c3ccc(Cl)cc3)CC2)ccc1CN1CCC[C@@H](C)C1. The van der Waals surface area contributed by atoms with Crippen molar-refractivity contribution in [2.45, 2.75) is 69.1 Å². The van der Waals surface area contributed by atoms with Crippen molar-refractivity contribution in [3.8, 4) is 0 Å². The van der Waals surface area contributed by atoms with Crippen LogP contribution in [0.2, 0.25) is 5.02 Å². The Morgan fingerprint density at radius 2 is 1.74 bits per heavy atom. The van der Waals surface area contributed by atoms with Crippen molar-refractivity contribution in [3.63, 3.8) is 0 Å². The Morgan fingerprint density at radius 1 is 1.06 bits per heavy atom. The normalized spacial score (nSPS) is 23.7. The van der Waals surface area contributed by atoms with Crippen LogP contribution in [0.15, 0.2) is 47.4 Å². The van der Waals surface area contributed by atoms with Gasteiger partial charge in [0.05, 0.1) is 10.1 Å². The summed E-state index contributed by atoms with van der Waals surface area (Å²) in [5.41, 5.74) is 3.42. The number of rotatable bonds is 6. The molecule has 1 aliphatic heterocycles. The van der Waals surface area contributed by atoms with Crippen LogP contribution in [-0.2, 0) is 21.2 Å². The lowest BCUT2D eigenvalue weighted by atomic mass is 9.88. The molecule has 4 rings (SSSR count). The van der Waals surface area contributed by atoms with Crippen LogP contribution in [0.4, 0.5) is 5.69 Å². The van der Waals surface area contributed by atoms with Crippen LogP contribution in [0.25, 0.3) is 0 Å². The number of benzene rings is 2. The summed E-state index contributed by atoms with van der Waals surface area (Å²) in [5.74, 6) is 0.680. The van der Waals surface area contributed by atoms with Crippen LogP contribution in [0, 0.1) is 18.8 Å². The van der Waals surface area contributed by atoms with E-state index in [0.717, 1.165) is 31.2 Å². The molecule has 0 spiro atoms. The molecule has 2 aliphatic rings. The molecule has 1 heterocycles. The van der Waals surface area contributed by atoms with Crippen molar-refractivity contribution in [2.24, 2.45) is 11.8 Å². The Hall–Kier alpha value is -1.89. The van der Waals surface area contributed by atoms with Crippen LogP contribution in [-0.4, -0.2) is 44.6 Å². The lowest BCUT2D eigenvalue weighted by Gasteiger charge is -2.32. The van der Waals surface area contributed by atoms with E-state index in [1.54, 1.807) is 29.2 Å². The van der Waals surface area contributed by atoms with Gasteiger partial charge in [0.15, 0.2) is 9.84 Å². The summed E-state index contributed by atoms with van der Waals surface area (Å²) in [6.45, 7) is 7.71. The highest BCUT2D eigenvalue weighted by Crippen LogP contribution is 2.34. The first-order chi connectivity index (χ1) is 16.6. The lowest BCUT2D eigenvalue weighted by molar-refractivity contribution is -0.122. The van der Waals surface area contributed by atoms with Gasteiger partial charge in [0, 0.05) is 36.8 Å². The molecule has 35 heavy (non-hydrogen) atoms. The zero-order valence-electron chi connectivity index (χ0n) is 21.0. The van der Waals surface area contributed by atoms with E-state index in [4.69, 9.17) is 11.6 Å². The molecule has 5 nitrogen and oxygen atoms in total. The maximum atomic E-state index is 13.3. The standard InChI is InChI=1S/C28H37ClN2O3S/c1-20-5-4-16-31(18-20)19-23-6-11-25(17-21(23)2)30(3)28(32)22-7-12-26(13-8-22)35(33,34)27-14-9-24(29)10-15-27/h6,9-11,14-15,17,20,22,26H,4-5,7-8,12-13,16,18-19H2,1-3H3/t20-,22?,26?/m1/s1. The van der Waals surface area contributed by atoms with Gasteiger partial charge in [-0.05, 0) is 105 Å². The van der Waals surface area contributed by atoms with Crippen LogP contribution < -0.4 is 4.90 Å². The molecule has 7 heteroatoms. The van der Waals surface area contributed by atoms with E-state index in [0.29, 0.717) is 35.6 Å². The Balaban J connectivity index is 1.36. The molecule has 2 aromatic carbocycles. The summed E-state index contributed by atoms with van der Waals surface area (Å²) in [5, 5.41) is 0.0720. The molecule has 2 fully saturated rings. The minimum atomic E-state index is -3.41. The number of nitrogens with zero attached hydrogens (tertiary/aromatic N) is 2. The average Bonchev–Trinajstić information content (AvgIpc) is 2.85. The first-order valence-corrected chi connectivity index (χ1v) is 14.7. The molecule has 0 unspecified atom stereocenters. The number of piperidine rings is 1. The second kappa shape index (κ2) is 11.0. The molecule has 0 radical (unpaired) electrons. The Labute approximate surface area is 215 Å². The summed E-state index contributed by atoms with van der Waals surface area (Å²) in [6.07, 6.45) is 4.76. The number of hydrogen-bond donors (Lipinski definition) is 0. The number of anilines is 1. The molecule has 190 valence electrons. The van der Waals surface area contributed by atoms with E-state index in [9.17, 15) is 13.2 Å². The summed E-state index contributed by atoms with van der Waals surface area (Å²) < 4.78 is 26.0. The lowest BCUT2D eigenvalue weighted by Crippen LogP contribution is -2.37. The number of hydrogen-bond acceptors (Lipinski definition) is 4. The van der Waals surface area contributed by atoms with Crippen molar-refractivity contribution in [1.82, 2.24) is 4.90 Å². The number of amides is 1. The quantitative estimate of drug-likeness (QED) is 0.481. The van der Waals surface area contributed by atoms with Crippen LogP contribution in [0.3, 0.4) is 0 Å². The maximum Gasteiger partial charge on any atom is 0.229 e. The predicted molar refractivity (Wildman–Crippen MR) is 143 cm³/mol. The van der Waals surface area contributed by atoms with Gasteiger partial charge in [0.2, 0.25) is 5.91 Å². The molecule has 2 aromatic rings. The Morgan fingerprint density at radius 3 is 2.37 bits per heavy atom. The van der Waals surface area contributed by atoms with Gasteiger partial charge >= 0.3 is 0 Å². The van der Waals surface area contributed by atoms with Crippen molar-refractivity contribution in [3.05, 3.63) is 58.6 Å². The van der Waals surface area contributed by atoms with Crippen molar-refractivity contribution >= 4 is 33.0 Å². The van der Waals surface area contributed by atoms with E-state index in [-0.39, 0.29) is 11.8 Å². The maximum absolute atomic E-state index is 13.3. The Kier molecular flexibility index (Phi) is 8.24. The van der Waals surface area contributed by atoms with Crippen molar-refractivity contribution in [2.75, 3.05) is 25.0 Å². The summed E-state index contributed by atoms with van der Waals surface area (Å²) in [6, 6.07) is 12.7. The summed E-state index contributed by atoms with van der Waals surface area (Å²) >= 11 is 5.91. The fraction of sp³-hybridized carbons (Fsp3) is 0.536. The van der Waals surface area contributed by atoms with Gasteiger partial charge in [-0.15, -0.1) is 0 Å². The van der Waals surface area contributed by atoms with Gasteiger partial charge in [-0.3, -0.25) is 9.69 Å². The third-order valence-electron chi connectivity index (χ3n) is 7.78. The molecular formula is C28H37ClN2O3S. The van der Waals surface area contributed by atoms with Gasteiger partial charge in [-0.1, -0.05) is 24.6 Å². The highest BCUT2D eigenvalue weighted by molar-refractivity contribution is 7.92. The second-order valence-corrected chi connectivity index (χ2v) is 13.1. The van der Waals surface area contributed by atoms with Crippen molar-refractivity contribution in [1.29, 1.82) is 0 Å². The minimum Gasteiger partial charge on any atom is -0.315 e. The predicted octanol–water partition coefficient (Wildman–Crippen LogP) is 5.88. The third-order valence-corrected chi connectivity index (χ3v) is 10.3. The van der Waals surface area contributed by atoms with E-state index in [1.807, 2.05) is 13.1 Å². The number of sulfone groups is 1. The molecule has 0 aromatic heterocycles. The number of aryl methyl sites for hydroxylation is 1. The topological polar surface area (TPSA) is 57.7 Å². The smallest absolute Gasteiger partial charge is 0.229 e. The average molecular weight is 517 g/mol. The zero-order chi connectivity index (χ0) is 25.2. The molecule has 1 saturated carbocycles. The monoisotopic (exact) mass is 516 g/mol. The van der Waals surface area contributed by atoms with Gasteiger partial charge < -0.3 is 4.90 Å². The number of likely N-dealkylation sites (tertiary alicyclic amines) is 1. The van der Waals surface area contributed by atoms with Crippen LogP contribution in [0.1, 0.15) is 56.6 Å². The minimum absolute atomic E-state index is 0.0735. The number of carbonyl (C=O) groups excluding carboxylic acids is 1. The Bertz CT molecular complexity index is 1140. The molecule has 0 bridgehead atoms. The molecule has 0 N–H and O–H groups in total. The van der Waals surface area contributed by atoms with Gasteiger partial charge in [0.1, 0.15) is 0 Å². The van der Waals surface area contributed by atoms with Crippen LogP contribution >= 0.6 is 11.6 Å². The molecule has 1 aliphatic carbocycles. The van der Waals surface area contributed by atoms with E-state index in [2.05, 4.69) is 30.9 Å². The number of halogens is 1. The van der Waals surface area contributed by atoms with Gasteiger partial charge in [-0.2, -0.15) is 0 Å². The zero-order valence-corrected chi connectivity index (χ0v) is 22.6. The molecule has 1 atom stereocenters. The van der Waals surface area contributed by atoms with Gasteiger partial charge in [-0.25, -0.2) is 8.42 Å². The van der Waals surface area contributed by atoms with Crippen LogP contribution in [0.5, 0.6) is 0 Å².